The Labute approximate surface area is 212 Å². The second kappa shape index (κ2) is 10.7. The fraction of sp³-hybridized carbons (Fsp3) is 0.480. The molecule has 35 heavy (non-hydrogen) atoms. The van der Waals surface area contributed by atoms with E-state index in [1.807, 2.05) is 19.1 Å². The van der Waals surface area contributed by atoms with E-state index in [4.69, 9.17) is 21.1 Å². The zero-order valence-corrected chi connectivity index (χ0v) is 21.7. The van der Waals surface area contributed by atoms with E-state index in [1.54, 1.807) is 30.3 Å². The van der Waals surface area contributed by atoms with Crippen molar-refractivity contribution in [3.05, 3.63) is 58.6 Å². The molecule has 2 aliphatic heterocycles. The number of likely N-dealkylation sites (tertiary alicyclic amines) is 1. The Kier molecular flexibility index (Phi) is 7.90. The lowest BCUT2D eigenvalue weighted by atomic mass is 9.99. The number of nitrogens with one attached hydrogen (secondary N) is 2. The third-order valence-electron chi connectivity index (χ3n) is 7.12. The number of ether oxygens (including phenoxy) is 2. The summed E-state index contributed by atoms with van der Waals surface area (Å²) in [6.45, 7) is 4.19. The largest absolute Gasteiger partial charge is 0.496 e. The molecule has 2 aromatic rings. The van der Waals surface area contributed by atoms with Crippen molar-refractivity contribution in [1.82, 2.24) is 10.0 Å². The predicted molar refractivity (Wildman–Crippen MR) is 135 cm³/mol. The maximum Gasteiger partial charge on any atom is 0.396 e. The van der Waals surface area contributed by atoms with Gasteiger partial charge in [-0.1, -0.05) is 23.7 Å². The molecule has 2 N–H and O–H groups in total. The van der Waals surface area contributed by atoms with Gasteiger partial charge in [0.2, 0.25) is 0 Å². The van der Waals surface area contributed by atoms with Crippen molar-refractivity contribution in [3.8, 4) is 11.5 Å². The second-order valence-corrected chi connectivity index (χ2v) is 11.5. The number of quaternary nitrogens is 1. The highest BCUT2D eigenvalue weighted by molar-refractivity contribution is 7.84. The highest BCUT2D eigenvalue weighted by Crippen LogP contribution is 2.34. The number of hydrogen-bond acceptors (Lipinski definition) is 6. The maximum atomic E-state index is 13.9. The molecule has 190 valence electrons. The molecule has 2 fully saturated rings. The lowest BCUT2D eigenvalue weighted by molar-refractivity contribution is -0.841. The average Bonchev–Trinajstić information content (AvgIpc) is 2.86. The summed E-state index contributed by atoms with van der Waals surface area (Å²) in [7, 11) is -2.59. The smallest absolute Gasteiger partial charge is 0.396 e. The number of hydrogen-bond donors (Lipinski definition) is 2. The van der Waals surface area contributed by atoms with Crippen LogP contribution < -0.4 is 19.5 Å². The first-order valence-electron chi connectivity index (χ1n) is 12.0. The Bertz CT molecular complexity index is 1160. The normalized spacial score (nSPS) is 23.5. The molecule has 0 aromatic heterocycles. The number of benzene rings is 2. The Morgan fingerprint density at radius 2 is 1.74 bits per heavy atom. The van der Waals surface area contributed by atoms with E-state index in [9.17, 15) is 13.2 Å². The topological polar surface area (TPSA) is 93.7 Å². The molecule has 4 rings (SSSR count). The quantitative estimate of drug-likeness (QED) is 0.541. The van der Waals surface area contributed by atoms with Crippen LogP contribution in [0.25, 0.3) is 0 Å². The van der Waals surface area contributed by atoms with Crippen LogP contribution in [0.2, 0.25) is 5.02 Å². The average molecular weight is 523 g/mol. The molecule has 10 heteroatoms. The lowest BCUT2D eigenvalue weighted by Gasteiger charge is -2.47. The van der Waals surface area contributed by atoms with Crippen molar-refractivity contribution in [1.29, 1.82) is 0 Å². The zero-order chi connectivity index (χ0) is 25.1. The molecule has 8 nitrogen and oxygen atoms in total. The van der Waals surface area contributed by atoms with Gasteiger partial charge in [-0.2, -0.15) is 12.3 Å². The van der Waals surface area contributed by atoms with E-state index in [-0.39, 0.29) is 21.6 Å². The van der Waals surface area contributed by atoms with Crippen molar-refractivity contribution in [2.75, 3.05) is 33.3 Å². The van der Waals surface area contributed by atoms with Gasteiger partial charge in [0.05, 0.1) is 25.8 Å². The minimum absolute atomic E-state index is 0.0996. The molecular weight excluding hydrogens is 490 g/mol. The van der Waals surface area contributed by atoms with E-state index < -0.39 is 16.1 Å². The van der Waals surface area contributed by atoms with Gasteiger partial charge in [-0.15, -0.1) is 0 Å². The van der Waals surface area contributed by atoms with Crippen LogP contribution in [0, 0.1) is 6.92 Å². The van der Waals surface area contributed by atoms with Crippen LogP contribution in [0.1, 0.15) is 41.6 Å². The van der Waals surface area contributed by atoms with Crippen molar-refractivity contribution >= 4 is 27.7 Å². The molecular formula is C25H33ClN3O5S+. The number of carbonyl (C=O) groups is 1. The molecule has 2 heterocycles. The van der Waals surface area contributed by atoms with Gasteiger partial charge in [0.1, 0.15) is 23.6 Å². The Morgan fingerprint density at radius 3 is 2.40 bits per heavy atom. The molecule has 0 unspecified atom stereocenters. The van der Waals surface area contributed by atoms with Crippen molar-refractivity contribution in [2.45, 2.75) is 44.8 Å². The SMILES string of the molecule is COc1ccccc1C(=O)NS(=O)(=O)[N+]1(C2CCNCC2)CCC(Oc2ccc(Cl)cc2C)CC1. The van der Waals surface area contributed by atoms with Gasteiger partial charge in [-0.05, 0) is 42.8 Å². The van der Waals surface area contributed by atoms with E-state index in [0.29, 0.717) is 36.7 Å². The first kappa shape index (κ1) is 25.8. The maximum absolute atomic E-state index is 13.9. The minimum Gasteiger partial charge on any atom is -0.496 e. The molecule has 2 aliphatic rings. The molecule has 1 amide bonds. The number of nitrogens with zero attached hydrogens (tertiary/aromatic N) is 1. The summed E-state index contributed by atoms with van der Waals surface area (Å²) in [4.78, 5) is 13.1. The first-order chi connectivity index (χ1) is 16.8. The molecule has 0 saturated carbocycles. The van der Waals surface area contributed by atoms with Crippen LogP contribution in [0.5, 0.6) is 11.5 Å². The molecule has 0 radical (unpaired) electrons. The highest BCUT2D eigenvalue weighted by Gasteiger charge is 2.52. The van der Waals surface area contributed by atoms with Gasteiger partial charge in [-0.3, -0.25) is 4.79 Å². The van der Waals surface area contributed by atoms with Crippen molar-refractivity contribution < 1.29 is 26.6 Å². The van der Waals surface area contributed by atoms with Gasteiger partial charge in [0.25, 0.3) is 5.91 Å². The van der Waals surface area contributed by atoms with Crippen LogP contribution in [0.4, 0.5) is 0 Å². The highest BCUT2D eigenvalue weighted by atomic mass is 35.5. The minimum atomic E-state index is -4.05. The van der Waals surface area contributed by atoms with Crippen molar-refractivity contribution in [3.63, 3.8) is 0 Å². The summed E-state index contributed by atoms with van der Waals surface area (Å²) < 4.78 is 41.5. The first-order valence-corrected chi connectivity index (χ1v) is 13.8. The van der Waals surface area contributed by atoms with E-state index in [2.05, 4.69) is 10.0 Å². The van der Waals surface area contributed by atoms with Crippen LogP contribution in [0.3, 0.4) is 0 Å². The number of rotatable bonds is 7. The summed E-state index contributed by atoms with van der Waals surface area (Å²) in [6.07, 6.45) is 2.48. The van der Waals surface area contributed by atoms with Gasteiger partial charge in [-0.25, -0.2) is 4.72 Å². The summed E-state index contributed by atoms with van der Waals surface area (Å²) in [5, 5.41) is 3.96. The number of methoxy groups -OCH3 is 1. The third kappa shape index (κ3) is 5.43. The fourth-order valence-corrected chi connectivity index (χ4v) is 7.25. The Hall–Kier alpha value is -2.33. The van der Waals surface area contributed by atoms with Crippen LogP contribution in [-0.2, 0) is 10.2 Å². The van der Waals surface area contributed by atoms with Crippen molar-refractivity contribution in [2.24, 2.45) is 0 Å². The molecule has 0 bridgehead atoms. The summed E-state index contributed by atoms with van der Waals surface area (Å²) >= 11 is 6.07. The zero-order valence-electron chi connectivity index (χ0n) is 20.1. The van der Waals surface area contributed by atoms with E-state index >= 15 is 0 Å². The van der Waals surface area contributed by atoms with E-state index in [0.717, 1.165) is 37.2 Å². The van der Waals surface area contributed by atoms with Gasteiger partial charge >= 0.3 is 10.2 Å². The van der Waals surface area contributed by atoms with Gasteiger partial charge in [0.15, 0.2) is 0 Å². The predicted octanol–water partition coefficient (Wildman–Crippen LogP) is 3.44. The molecule has 0 spiro atoms. The molecule has 2 saturated heterocycles. The summed E-state index contributed by atoms with van der Waals surface area (Å²) in [5.41, 5.74) is 1.14. The number of halogens is 1. The molecule has 2 aromatic carbocycles. The number of para-hydroxylation sites is 1. The number of carbonyl (C=O) groups excluding carboxylic acids is 1. The molecule has 0 atom stereocenters. The lowest BCUT2D eigenvalue weighted by Crippen LogP contribution is -2.68. The standard InChI is InChI=1S/C25H32ClN3O5S/c1-18-17-19(26)7-8-23(18)34-21-11-15-29(16-12-21,20-9-13-27-14-10-20)35(31,32)28-25(30)22-5-3-4-6-24(22)33-2/h3-8,17,20-21,27H,9-16H2,1-2H3/p+1. The number of amides is 1. The number of aryl methyl sites for hydroxylation is 1. The Morgan fingerprint density at radius 1 is 1.06 bits per heavy atom. The summed E-state index contributed by atoms with van der Waals surface area (Å²) in [5.74, 6) is 0.414. The third-order valence-corrected chi connectivity index (χ3v) is 9.41. The monoisotopic (exact) mass is 522 g/mol. The van der Waals surface area contributed by atoms with Gasteiger partial charge in [0, 0.05) is 43.8 Å². The number of piperidine rings is 2. The second-order valence-electron chi connectivity index (χ2n) is 9.21. The van der Waals surface area contributed by atoms with Gasteiger partial charge < -0.3 is 14.8 Å². The molecule has 0 aliphatic carbocycles. The summed E-state index contributed by atoms with van der Waals surface area (Å²) in [6, 6.07) is 12.0. The van der Waals surface area contributed by atoms with E-state index in [1.165, 1.54) is 7.11 Å². The van der Waals surface area contributed by atoms with Crippen LogP contribution >= 0.6 is 11.6 Å². The van der Waals surface area contributed by atoms with Crippen LogP contribution in [0.15, 0.2) is 42.5 Å². The fourth-order valence-electron chi connectivity index (χ4n) is 5.20. The van der Waals surface area contributed by atoms with Crippen LogP contribution in [-0.4, -0.2) is 63.6 Å². The Balaban J connectivity index is 1.55.